The molecule has 0 saturated carbocycles. The third-order valence-corrected chi connectivity index (χ3v) is 1.17. The monoisotopic (exact) mass is 141 g/mol. The van der Waals surface area contributed by atoms with Crippen molar-refractivity contribution >= 4 is 5.69 Å². The predicted molar refractivity (Wildman–Crippen MR) is 35.8 cm³/mol. The molecule has 3 N–H and O–H groups in total. The molecule has 1 aromatic heterocycles. The molecule has 54 valence electrons. The van der Waals surface area contributed by atoms with Crippen LogP contribution in [0.25, 0.3) is 0 Å². The van der Waals surface area contributed by atoms with Crippen molar-refractivity contribution in [3.63, 3.8) is 0 Å². The van der Waals surface area contributed by atoms with E-state index in [2.05, 4.69) is 0 Å². The summed E-state index contributed by atoms with van der Waals surface area (Å²) in [6, 6.07) is 0. The lowest BCUT2D eigenvalue weighted by Crippen LogP contribution is -2.07. The second-order valence-electron chi connectivity index (χ2n) is 1.92. The van der Waals surface area contributed by atoms with E-state index in [1.807, 2.05) is 0 Å². The lowest BCUT2D eigenvalue weighted by Gasteiger charge is -1.95. The maximum Gasteiger partial charge on any atom is 0.249 e. The van der Waals surface area contributed by atoms with Gasteiger partial charge in [-0.2, -0.15) is 0 Å². The topological polar surface area (TPSA) is 76.5 Å². The molecule has 0 bridgehead atoms. The number of aromatic hydroxyl groups is 1. The van der Waals surface area contributed by atoms with E-state index >= 15 is 0 Å². The summed E-state index contributed by atoms with van der Waals surface area (Å²) < 4.78 is 4.69. The highest BCUT2D eigenvalue weighted by Crippen LogP contribution is 2.10. The van der Waals surface area contributed by atoms with Crippen LogP contribution in [0.3, 0.4) is 0 Å². The molecule has 0 aliphatic heterocycles. The highest BCUT2D eigenvalue weighted by molar-refractivity contribution is 5.40. The summed E-state index contributed by atoms with van der Waals surface area (Å²) in [5.74, 6) is -0.237. The van der Waals surface area contributed by atoms with Crippen LogP contribution in [0.15, 0.2) is 15.5 Å². The molecule has 1 heterocycles. The van der Waals surface area contributed by atoms with Gasteiger partial charge in [0.15, 0.2) is 0 Å². The Kier molecular flexibility index (Phi) is 1.37. The molecule has 0 amide bonds. The van der Waals surface area contributed by atoms with Crippen molar-refractivity contribution in [2.45, 2.75) is 6.92 Å². The smallest absolute Gasteiger partial charge is 0.249 e. The number of hydrogen-bond acceptors (Lipinski definition) is 4. The van der Waals surface area contributed by atoms with Gasteiger partial charge in [0.25, 0.3) is 0 Å². The molecule has 4 heteroatoms. The van der Waals surface area contributed by atoms with Gasteiger partial charge in [0.1, 0.15) is 17.7 Å². The zero-order valence-electron chi connectivity index (χ0n) is 5.42. The summed E-state index contributed by atoms with van der Waals surface area (Å²) in [4.78, 5) is 10.8. The third-order valence-electron chi connectivity index (χ3n) is 1.17. The first-order valence-corrected chi connectivity index (χ1v) is 2.69. The van der Waals surface area contributed by atoms with Crippen molar-refractivity contribution < 1.29 is 9.52 Å². The van der Waals surface area contributed by atoms with Gasteiger partial charge < -0.3 is 15.3 Å². The average molecular weight is 141 g/mol. The molecule has 0 aromatic carbocycles. The largest absolute Gasteiger partial charge is 0.502 e. The van der Waals surface area contributed by atoms with Crippen LogP contribution >= 0.6 is 0 Å². The van der Waals surface area contributed by atoms with Gasteiger partial charge in [-0.3, -0.25) is 4.79 Å². The Morgan fingerprint density at radius 1 is 1.70 bits per heavy atom. The van der Waals surface area contributed by atoms with Gasteiger partial charge in [-0.15, -0.1) is 0 Å². The molecule has 0 aliphatic rings. The van der Waals surface area contributed by atoms with Crippen LogP contribution in [0.4, 0.5) is 5.69 Å². The molecule has 0 spiro atoms. The summed E-state index contributed by atoms with van der Waals surface area (Å²) >= 11 is 0. The Morgan fingerprint density at radius 2 is 2.30 bits per heavy atom. The van der Waals surface area contributed by atoms with E-state index in [4.69, 9.17) is 15.3 Å². The number of anilines is 1. The van der Waals surface area contributed by atoms with Crippen LogP contribution in [0.2, 0.25) is 0 Å². The van der Waals surface area contributed by atoms with E-state index in [1.54, 1.807) is 0 Å². The number of hydrogen-bond donors (Lipinski definition) is 2. The summed E-state index contributed by atoms with van der Waals surface area (Å²) in [5, 5.41) is 8.90. The highest BCUT2D eigenvalue weighted by Gasteiger charge is 2.04. The standard InChI is InChI=1S/C6H7NO3/c1-3-5(8)6(9)4(7)2-10-3/h2,8H,7H2,1H3. The Bertz CT molecular complexity index is 302. The van der Waals surface area contributed by atoms with Gasteiger partial charge in [-0.1, -0.05) is 0 Å². The summed E-state index contributed by atoms with van der Waals surface area (Å²) in [6.07, 6.45) is 1.11. The van der Waals surface area contributed by atoms with Gasteiger partial charge in [-0.25, -0.2) is 0 Å². The van der Waals surface area contributed by atoms with Gasteiger partial charge in [-0.05, 0) is 6.92 Å². The van der Waals surface area contributed by atoms with Crippen LogP contribution in [-0.4, -0.2) is 5.11 Å². The second-order valence-corrected chi connectivity index (χ2v) is 1.92. The minimum absolute atomic E-state index is 0.0805. The summed E-state index contributed by atoms with van der Waals surface area (Å²) in [6.45, 7) is 1.48. The van der Waals surface area contributed by atoms with E-state index in [0.717, 1.165) is 6.26 Å². The molecule has 1 aromatic rings. The molecule has 0 atom stereocenters. The molecular formula is C6H7NO3. The number of nitrogen functional groups attached to an aromatic ring is 1. The number of rotatable bonds is 0. The average Bonchev–Trinajstić information content (AvgIpc) is 1.93. The molecule has 1 rings (SSSR count). The van der Waals surface area contributed by atoms with E-state index in [0.29, 0.717) is 0 Å². The van der Waals surface area contributed by atoms with Gasteiger partial charge in [0.2, 0.25) is 11.2 Å². The second kappa shape index (κ2) is 2.06. The molecule has 0 radical (unpaired) electrons. The maximum absolute atomic E-state index is 10.8. The molecule has 0 aliphatic carbocycles. The minimum atomic E-state index is -0.580. The lowest BCUT2D eigenvalue weighted by molar-refractivity contribution is 0.413. The fraction of sp³-hybridized carbons (Fsp3) is 0.167. The Morgan fingerprint density at radius 3 is 2.80 bits per heavy atom. The van der Waals surface area contributed by atoms with Crippen molar-refractivity contribution in [3.05, 3.63) is 22.2 Å². The highest BCUT2D eigenvalue weighted by atomic mass is 16.4. The zero-order chi connectivity index (χ0) is 7.72. The van der Waals surface area contributed by atoms with Crippen molar-refractivity contribution in [1.82, 2.24) is 0 Å². The van der Waals surface area contributed by atoms with E-state index in [1.165, 1.54) is 6.92 Å². The van der Waals surface area contributed by atoms with E-state index in [9.17, 15) is 4.79 Å². The minimum Gasteiger partial charge on any atom is -0.502 e. The van der Waals surface area contributed by atoms with Gasteiger partial charge >= 0.3 is 0 Å². The van der Waals surface area contributed by atoms with Crippen LogP contribution in [0, 0.1) is 6.92 Å². The first-order chi connectivity index (χ1) is 4.63. The summed E-state index contributed by atoms with van der Waals surface area (Å²) in [7, 11) is 0. The molecule has 0 saturated heterocycles. The fourth-order valence-electron chi connectivity index (χ4n) is 0.558. The van der Waals surface area contributed by atoms with Crippen molar-refractivity contribution in [2.75, 3.05) is 5.73 Å². The van der Waals surface area contributed by atoms with E-state index in [-0.39, 0.29) is 11.4 Å². The molecular weight excluding hydrogens is 134 g/mol. The quantitative estimate of drug-likeness (QED) is 0.542. The molecule has 10 heavy (non-hydrogen) atoms. The third kappa shape index (κ3) is 0.834. The zero-order valence-corrected chi connectivity index (χ0v) is 5.42. The lowest BCUT2D eigenvalue weighted by atomic mass is 10.3. The first-order valence-electron chi connectivity index (χ1n) is 2.69. The van der Waals surface area contributed by atoms with Crippen LogP contribution in [0.1, 0.15) is 5.76 Å². The fourth-order valence-corrected chi connectivity index (χ4v) is 0.558. The van der Waals surface area contributed by atoms with Crippen LogP contribution < -0.4 is 11.2 Å². The Hall–Kier alpha value is -1.45. The van der Waals surface area contributed by atoms with E-state index < -0.39 is 11.2 Å². The van der Waals surface area contributed by atoms with Crippen molar-refractivity contribution in [3.8, 4) is 5.75 Å². The van der Waals surface area contributed by atoms with Crippen molar-refractivity contribution in [2.24, 2.45) is 0 Å². The Labute approximate surface area is 56.9 Å². The van der Waals surface area contributed by atoms with Crippen LogP contribution in [0.5, 0.6) is 5.75 Å². The number of aryl methyl sites for hydroxylation is 1. The normalized spacial score (nSPS) is 9.70. The predicted octanol–water partition coefficient (Wildman–Crippen LogP) is 0.236. The first kappa shape index (κ1) is 6.67. The number of nitrogens with two attached hydrogens (primary N) is 1. The maximum atomic E-state index is 10.8. The van der Waals surface area contributed by atoms with Crippen molar-refractivity contribution in [1.29, 1.82) is 0 Å². The molecule has 4 nitrogen and oxygen atoms in total. The summed E-state index contributed by atoms with van der Waals surface area (Å²) in [5.41, 5.74) is 4.46. The van der Waals surface area contributed by atoms with Gasteiger partial charge in [0.05, 0.1) is 0 Å². The van der Waals surface area contributed by atoms with Gasteiger partial charge in [0, 0.05) is 0 Å². The molecule has 0 fully saturated rings. The molecule has 0 unspecified atom stereocenters. The SMILES string of the molecule is Cc1occ(N)c(=O)c1O. The Balaban J connectivity index is 3.50. The van der Waals surface area contributed by atoms with Crippen LogP contribution in [-0.2, 0) is 0 Å².